The summed E-state index contributed by atoms with van der Waals surface area (Å²) in [5, 5.41) is 1.98. The van der Waals surface area contributed by atoms with Gasteiger partial charge in [0, 0.05) is 31.1 Å². The number of amides is 1. The van der Waals surface area contributed by atoms with Gasteiger partial charge in [-0.1, -0.05) is 6.07 Å². The first kappa shape index (κ1) is 17.4. The molecule has 0 aliphatic carbocycles. The van der Waals surface area contributed by atoms with Crippen LogP contribution in [0.25, 0.3) is 0 Å². The highest BCUT2D eigenvalue weighted by Gasteiger charge is 2.31. The van der Waals surface area contributed by atoms with Gasteiger partial charge in [-0.25, -0.2) is 12.7 Å². The Morgan fingerprint density at radius 1 is 1.45 bits per heavy atom. The van der Waals surface area contributed by atoms with Gasteiger partial charge in [0.05, 0.1) is 11.7 Å². The van der Waals surface area contributed by atoms with E-state index in [0.717, 1.165) is 4.88 Å². The van der Waals surface area contributed by atoms with Gasteiger partial charge in [0.25, 0.3) is 0 Å². The Morgan fingerprint density at radius 2 is 2.09 bits per heavy atom. The van der Waals surface area contributed by atoms with Gasteiger partial charge in [-0.2, -0.15) is 0 Å². The van der Waals surface area contributed by atoms with E-state index in [9.17, 15) is 13.2 Å². The van der Waals surface area contributed by atoms with E-state index in [-0.39, 0.29) is 23.6 Å². The summed E-state index contributed by atoms with van der Waals surface area (Å²) in [5.41, 5.74) is 0. The highest BCUT2D eigenvalue weighted by atomic mass is 32.2. The second-order valence-electron chi connectivity index (χ2n) is 5.71. The van der Waals surface area contributed by atoms with E-state index in [0.29, 0.717) is 25.9 Å². The summed E-state index contributed by atoms with van der Waals surface area (Å²) in [7, 11) is -1.51. The van der Waals surface area contributed by atoms with E-state index in [1.54, 1.807) is 25.3 Å². The Bertz CT molecular complexity index is 590. The second kappa shape index (κ2) is 7.10. The Labute approximate surface area is 137 Å². The highest BCUT2D eigenvalue weighted by Crippen LogP contribution is 2.25. The molecule has 1 aliphatic rings. The van der Waals surface area contributed by atoms with Gasteiger partial charge in [0.2, 0.25) is 15.9 Å². The van der Waals surface area contributed by atoms with Crippen molar-refractivity contribution in [2.24, 2.45) is 0 Å². The maximum absolute atomic E-state index is 12.5. The molecule has 1 aromatic heterocycles. The van der Waals surface area contributed by atoms with Crippen molar-refractivity contribution in [2.45, 2.75) is 38.6 Å². The maximum atomic E-state index is 12.5. The molecule has 0 bridgehead atoms. The number of carbonyl (C=O) groups is 1. The molecule has 1 aromatic rings. The molecule has 1 aliphatic heterocycles. The van der Waals surface area contributed by atoms with Crippen LogP contribution in [0.3, 0.4) is 0 Å². The molecule has 1 fully saturated rings. The van der Waals surface area contributed by atoms with Crippen molar-refractivity contribution in [1.29, 1.82) is 0 Å². The summed E-state index contributed by atoms with van der Waals surface area (Å²) < 4.78 is 25.3. The monoisotopic (exact) mass is 344 g/mol. The second-order valence-corrected chi connectivity index (χ2v) is 9.01. The minimum atomic E-state index is -3.16. The van der Waals surface area contributed by atoms with E-state index < -0.39 is 10.0 Å². The zero-order valence-corrected chi connectivity index (χ0v) is 15.0. The van der Waals surface area contributed by atoms with Crippen molar-refractivity contribution >= 4 is 27.3 Å². The Balaban J connectivity index is 1.93. The third-order valence-electron chi connectivity index (χ3n) is 4.43. The summed E-state index contributed by atoms with van der Waals surface area (Å²) in [6.07, 6.45) is 1.41. The average Bonchev–Trinajstić information content (AvgIpc) is 3.07. The van der Waals surface area contributed by atoms with Crippen molar-refractivity contribution in [3.05, 3.63) is 22.4 Å². The van der Waals surface area contributed by atoms with Crippen molar-refractivity contribution in [3.8, 4) is 0 Å². The first-order valence-corrected chi connectivity index (χ1v) is 10.1. The molecule has 2 rings (SSSR count). The first-order chi connectivity index (χ1) is 10.4. The molecule has 124 valence electrons. The lowest BCUT2D eigenvalue weighted by atomic mass is 10.0. The molecule has 0 spiro atoms. The van der Waals surface area contributed by atoms with Crippen LogP contribution in [-0.2, 0) is 14.8 Å². The fraction of sp³-hybridized carbons (Fsp3) is 0.667. The predicted molar refractivity (Wildman–Crippen MR) is 89.6 cm³/mol. The lowest BCUT2D eigenvalue weighted by molar-refractivity contribution is -0.133. The number of nitrogens with zero attached hydrogens (tertiary/aromatic N) is 2. The van der Waals surface area contributed by atoms with Gasteiger partial charge < -0.3 is 4.90 Å². The summed E-state index contributed by atoms with van der Waals surface area (Å²) in [6, 6.07) is 3.95. The molecule has 0 N–H and O–H groups in total. The van der Waals surface area contributed by atoms with Crippen LogP contribution in [0, 0.1) is 0 Å². The molecule has 1 saturated heterocycles. The normalized spacial score (nSPS) is 18.6. The highest BCUT2D eigenvalue weighted by molar-refractivity contribution is 7.89. The van der Waals surface area contributed by atoms with Gasteiger partial charge in [-0.3, -0.25) is 4.79 Å². The molecule has 0 radical (unpaired) electrons. The van der Waals surface area contributed by atoms with Crippen LogP contribution in [0.5, 0.6) is 0 Å². The smallest absolute Gasteiger partial charge is 0.230 e. The van der Waals surface area contributed by atoms with Crippen LogP contribution in [0.15, 0.2) is 17.5 Å². The number of hydrogen-bond donors (Lipinski definition) is 0. The molecule has 1 unspecified atom stereocenters. The lowest BCUT2D eigenvalue weighted by Crippen LogP contribution is -2.48. The van der Waals surface area contributed by atoms with Crippen LogP contribution in [0.4, 0.5) is 0 Å². The standard InChI is InChI=1S/C15H24N2O3S2/c1-4-22(19,20)16(3)13-7-9-17(10-8-13)15(18)12(2)14-6-5-11-21-14/h5-6,11-13H,4,7-10H2,1-3H3. The Kier molecular flexibility index (Phi) is 5.63. The third-order valence-corrected chi connectivity index (χ3v) is 7.39. The van der Waals surface area contributed by atoms with Crippen LogP contribution >= 0.6 is 11.3 Å². The lowest BCUT2D eigenvalue weighted by Gasteiger charge is -2.37. The minimum Gasteiger partial charge on any atom is -0.342 e. The molecular weight excluding hydrogens is 320 g/mol. The van der Waals surface area contributed by atoms with Crippen molar-refractivity contribution in [3.63, 3.8) is 0 Å². The first-order valence-electron chi connectivity index (χ1n) is 7.64. The van der Waals surface area contributed by atoms with Crippen LogP contribution in [-0.4, -0.2) is 55.5 Å². The number of likely N-dealkylation sites (tertiary alicyclic amines) is 1. The Morgan fingerprint density at radius 3 is 2.59 bits per heavy atom. The largest absolute Gasteiger partial charge is 0.342 e. The summed E-state index contributed by atoms with van der Waals surface area (Å²) in [5.74, 6) is 0.147. The minimum absolute atomic E-state index is 0.00560. The molecular formula is C15H24N2O3S2. The molecule has 22 heavy (non-hydrogen) atoms. The third kappa shape index (κ3) is 3.70. The van der Waals surface area contributed by atoms with E-state index in [1.807, 2.05) is 29.3 Å². The zero-order valence-electron chi connectivity index (χ0n) is 13.4. The number of thiophene rings is 1. The Hall–Kier alpha value is -0.920. The van der Waals surface area contributed by atoms with Crippen LogP contribution < -0.4 is 0 Å². The maximum Gasteiger partial charge on any atom is 0.230 e. The van der Waals surface area contributed by atoms with Gasteiger partial charge >= 0.3 is 0 Å². The predicted octanol–water partition coefficient (Wildman–Crippen LogP) is 2.12. The van der Waals surface area contributed by atoms with Crippen molar-refractivity contribution < 1.29 is 13.2 Å². The number of rotatable bonds is 5. The average molecular weight is 345 g/mol. The van der Waals surface area contributed by atoms with E-state index in [1.165, 1.54) is 4.31 Å². The molecule has 5 nitrogen and oxygen atoms in total. The van der Waals surface area contributed by atoms with Crippen LogP contribution in [0.1, 0.15) is 37.5 Å². The summed E-state index contributed by atoms with van der Waals surface area (Å²) in [4.78, 5) is 15.5. The molecule has 0 aromatic carbocycles. The molecule has 0 saturated carbocycles. The van der Waals surface area contributed by atoms with E-state index in [2.05, 4.69) is 0 Å². The van der Waals surface area contributed by atoms with Crippen molar-refractivity contribution in [1.82, 2.24) is 9.21 Å². The molecule has 1 amide bonds. The SMILES string of the molecule is CCS(=O)(=O)N(C)C1CCN(C(=O)C(C)c2cccs2)CC1. The number of carbonyl (C=O) groups excluding carboxylic acids is 1. The quantitative estimate of drug-likeness (QED) is 0.822. The number of hydrogen-bond acceptors (Lipinski definition) is 4. The van der Waals surface area contributed by atoms with Gasteiger partial charge in [0.1, 0.15) is 0 Å². The van der Waals surface area contributed by atoms with E-state index in [4.69, 9.17) is 0 Å². The molecule has 1 atom stereocenters. The molecule has 7 heteroatoms. The van der Waals surface area contributed by atoms with E-state index >= 15 is 0 Å². The topological polar surface area (TPSA) is 57.7 Å². The van der Waals surface area contributed by atoms with Crippen LogP contribution in [0.2, 0.25) is 0 Å². The summed E-state index contributed by atoms with van der Waals surface area (Å²) >= 11 is 1.60. The zero-order chi connectivity index (χ0) is 16.3. The van der Waals surface area contributed by atoms with Gasteiger partial charge in [-0.05, 0) is 38.1 Å². The number of piperidine rings is 1. The van der Waals surface area contributed by atoms with Gasteiger partial charge in [0.15, 0.2) is 0 Å². The van der Waals surface area contributed by atoms with Crippen molar-refractivity contribution in [2.75, 3.05) is 25.9 Å². The summed E-state index contributed by atoms with van der Waals surface area (Å²) in [6.45, 7) is 4.85. The molecule has 2 heterocycles. The van der Waals surface area contributed by atoms with Gasteiger partial charge in [-0.15, -0.1) is 11.3 Å². The fourth-order valence-corrected chi connectivity index (χ4v) is 4.66. The number of sulfonamides is 1. The fourth-order valence-electron chi connectivity index (χ4n) is 2.81.